The molecule has 4 nitrogen and oxygen atoms in total. The first-order valence-corrected chi connectivity index (χ1v) is 9.28. The Hall–Kier alpha value is -4.00. The van der Waals surface area contributed by atoms with Gasteiger partial charge in [-0.15, -0.1) is 0 Å². The summed E-state index contributed by atoms with van der Waals surface area (Å²) < 4.78 is 91.2. The summed E-state index contributed by atoms with van der Waals surface area (Å²) >= 11 is 0. The minimum atomic E-state index is -1.80. The third kappa shape index (κ3) is 4.92. The second-order valence-electron chi connectivity index (χ2n) is 6.74. The second kappa shape index (κ2) is 9.65. The third-order valence-electron chi connectivity index (χ3n) is 4.55. The molecule has 0 aliphatic heterocycles. The fraction of sp³-hybridized carbons (Fsp3) is 0.130. The molecule has 0 aliphatic carbocycles. The molecule has 10 heteroatoms. The van der Waals surface area contributed by atoms with Gasteiger partial charge in [0.25, 0.3) is 0 Å². The Kier molecular flexibility index (Phi) is 6.92. The molecule has 2 atom stereocenters. The summed E-state index contributed by atoms with van der Waals surface area (Å²) in [4.78, 5) is 12.6. The van der Waals surface area contributed by atoms with E-state index >= 15 is 0 Å². The molecule has 2 unspecified atom stereocenters. The van der Waals surface area contributed by atoms with E-state index in [2.05, 4.69) is 0 Å². The van der Waals surface area contributed by atoms with Crippen LogP contribution in [-0.4, -0.2) is 11.9 Å². The molecule has 3 rings (SSSR count). The zero-order chi connectivity index (χ0) is 24.3. The molecule has 3 aromatic rings. The van der Waals surface area contributed by atoms with Gasteiger partial charge in [-0.3, -0.25) is 4.79 Å². The van der Waals surface area contributed by atoms with Crippen molar-refractivity contribution >= 4 is 5.78 Å². The highest BCUT2D eigenvalue weighted by Crippen LogP contribution is 2.29. The SMILES string of the molecule is CC(Oc1ccc(Oc2ccc(F)c(F)c2F)cc1)C(=O)C(C#N)c1ccc(F)c(F)c1F. The topological polar surface area (TPSA) is 59.3 Å². The highest BCUT2D eigenvalue weighted by molar-refractivity contribution is 5.92. The summed E-state index contributed by atoms with van der Waals surface area (Å²) in [5.74, 6) is -12.6. The number of Topliss-reactive ketones (excluding diaryl/α,β-unsaturated/α-hetero) is 1. The Labute approximate surface area is 183 Å². The molecular weight excluding hydrogens is 452 g/mol. The number of rotatable bonds is 7. The lowest BCUT2D eigenvalue weighted by Gasteiger charge is -2.17. The van der Waals surface area contributed by atoms with E-state index in [1.807, 2.05) is 0 Å². The van der Waals surface area contributed by atoms with Gasteiger partial charge in [0.05, 0.1) is 6.07 Å². The molecule has 0 aromatic heterocycles. The van der Waals surface area contributed by atoms with Gasteiger partial charge in [0.2, 0.25) is 5.82 Å². The van der Waals surface area contributed by atoms with Crippen molar-refractivity contribution in [2.75, 3.05) is 0 Å². The summed E-state index contributed by atoms with van der Waals surface area (Å²) in [6.45, 7) is 1.27. The molecular formula is C23H13F6NO3. The van der Waals surface area contributed by atoms with Crippen LogP contribution < -0.4 is 9.47 Å². The summed E-state index contributed by atoms with van der Waals surface area (Å²) in [6.07, 6.45) is -1.29. The lowest BCUT2D eigenvalue weighted by atomic mass is 9.93. The van der Waals surface area contributed by atoms with Crippen LogP contribution in [0.5, 0.6) is 17.2 Å². The lowest BCUT2D eigenvalue weighted by Crippen LogP contribution is -2.29. The monoisotopic (exact) mass is 465 g/mol. The largest absolute Gasteiger partial charge is 0.483 e. The van der Waals surface area contributed by atoms with Crippen molar-refractivity contribution in [3.8, 4) is 23.3 Å². The van der Waals surface area contributed by atoms with Crippen LogP contribution >= 0.6 is 0 Å². The van der Waals surface area contributed by atoms with Crippen LogP contribution in [0.15, 0.2) is 48.5 Å². The van der Waals surface area contributed by atoms with Gasteiger partial charge in [0, 0.05) is 5.56 Å². The van der Waals surface area contributed by atoms with Crippen molar-refractivity contribution < 1.29 is 40.6 Å². The lowest BCUT2D eigenvalue weighted by molar-refractivity contribution is -0.125. The highest BCUT2D eigenvalue weighted by Gasteiger charge is 2.31. The molecule has 0 N–H and O–H groups in total. The van der Waals surface area contributed by atoms with E-state index in [9.17, 15) is 36.4 Å². The number of benzene rings is 3. The highest BCUT2D eigenvalue weighted by atomic mass is 19.2. The van der Waals surface area contributed by atoms with Crippen molar-refractivity contribution in [2.24, 2.45) is 0 Å². The molecule has 0 radical (unpaired) electrons. The number of carbonyl (C=O) groups excluding carboxylic acids is 1. The first kappa shape index (κ1) is 23.7. The Morgan fingerprint density at radius 1 is 0.788 bits per heavy atom. The average Bonchev–Trinajstić information content (AvgIpc) is 2.80. The zero-order valence-corrected chi connectivity index (χ0v) is 16.7. The van der Waals surface area contributed by atoms with Gasteiger partial charge >= 0.3 is 0 Å². The number of nitrogens with zero attached hydrogens (tertiary/aromatic N) is 1. The number of hydrogen-bond acceptors (Lipinski definition) is 4. The maximum Gasteiger partial charge on any atom is 0.204 e. The quantitative estimate of drug-likeness (QED) is 0.319. The van der Waals surface area contributed by atoms with Crippen LogP contribution in [0.2, 0.25) is 0 Å². The standard InChI is InChI=1S/C23H13F6NO3/c1-11(23(31)15(10-30)14-6-7-16(24)20(27)19(14)26)32-12-2-4-13(5-3-12)33-18-9-8-17(25)21(28)22(18)29/h2-9,11,15H,1H3. The normalized spacial score (nSPS) is 12.5. The number of hydrogen-bond donors (Lipinski definition) is 0. The van der Waals surface area contributed by atoms with Gasteiger partial charge in [0.15, 0.2) is 46.7 Å². The number of ketones is 1. The van der Waals surface area contributed by atoms with E-state index < -0.39 is 64.0 Å². The van der Waals surface area contributed by atoms with Crippen molar-refractivity contribution in [2.45, 2.75) is 18.9 Å². The maximum atomic E-state index is 14.0. The first-order valence-electron chi connectivity index (χ1n) is 9.28. The Balaban J connectivity index is 1.72. The first-order chi connectivity index (χ1) is 15.6. The van der Waals surface area contributed by atoms with Gasteiger partial charge in [-0.25, -0.2) is 22.0 Å². The van der Waals surface area contributed by atoms with Gasteiger partial charge in [-0.05, 0) is 49.4 Å². The average molecular weight is 465 g/mol. The Morgan fingerprint density at radius 2 is 1.33 bits per heavy atom. The van der Waals surface area contributed by atoms with Crippen molar-refractivity contribution in [1.29, 1.82) is 5.26 Å². The smallest absolute Gasteiger partial charge is 0.204 e. The molecule has 0 spiro atoms. The van der Waals surface area contributed by atoms with Gasteiger partial charge in [0.1, 0.15) is 17.4 Å². The number of carbonyl (C=O) groups is 1. The van der Waals surface area contributed by atoms with E-state index in [4.69, 9.17) is 9.47 Å². The minimum absolute atomic E-state index is 0.0324. The molecule has 0 saturated heterocycles. The van der Waals surface area contributed by atoms with Gasteiger partial charge < -0.3 is 9.47 Å². The fourth-order valence-corrected chi connectivity index (χ4v) is 2.85. The van der Waals surface area contributed by atoms with Crippen LogP contribution in [0.25, 0.3) is 0 Å². The molecule has 0 fully saturated rings. The van der Waals surface area contributed by atoms with Gasteiger partial charge in [-0.1, -0.05) is 6.07 Å². The van der Waals surface area contributed by atoms with Crippen molar-refractivity contribution in [3.63, 3.8) is 0 Å². The predicted molar refractivity (Wildman–Crippen MR) is 103 cm³/mol. The molecule has 0 saturated carbocycles. The summed E-state index contributed by atoms with van der Waals surface area (Å²) in [5, 5.41) is 9.28. The number of halogens is 6. The zero-order valence-electron chi connectivity index (χ0n) is 16.7. The number of nitriles is 1. The minimum Gasteiger partial charge on any atom is -0.483 e. The molecule has 33 heavy (non-hydrogen) atoms. The fourth-order valence-electron chi connectivity index (χ4n) is 2.85. The Bertz CT molecular complexity index is 1240. The summed E-state index contributed by atoms with van der Waals surface area (Å²) in [7, 11) is 0. The van der Waals surface area contributed by atoms with E-state index in [-0.39, 0.29) is 11.5 Å². The van der Waals surface area contributed by atoms with Crippen LogP contribution in [0.4, 0.5) is 26.3 Å². The molecule has 0 bridgehead atoms. The summed E-state index contributed by atoms with van der Waals surface area (Å²) in [6, 6.07) is 9.72. The van der Waals surface area contributed by atoms with Crippen LogP contribution in [-0.2, 0) is 4.79 Å². The maximum absolute atomic E-state index is 14.0. The van der Waals surface area contributed by atoms with E-state index in [0.717, 1.165) is 12.1 Å². The van der Waals surface area contributed by atoms with Crippen molar-refractivity contribution in [1.82, 2.24) is 0 Å². The van der Waals surface area contributed by atoms with Gasteiger partial charge in [-0.2, -0.15) is 9.65 Å². The second-order valence-corrected chi connectivity index (χ2v) is 6.74. The summed E-state index contributed by atoms with van der Waals surface area (Å²) in [5.41, 5.74) is -0.630. The molecule has 0 amide bonds. The van der Waals surface area contributed by atoms with Crippen LogP contribution in [0, 0.1) is 46.2 Å². The van der Waals surface area contributed by atoms with E-state index in [0.29, 0.717) is 12.1 Å². The Morgan fingerprint density at radius 3 is 1.94 bits per heavy atom. The van der Waals surface area contributed by atoms with E-state index in [1.54, 1.807) is 6.07 Å². The van der Waals surface area contributed by atoms with Crippen LogP contribution in [0.1, 0.15) is 18.4 Å². The predicted octanol–water partition coefficient (Wildman–Crippen LogP) is 5.96. The van der Waals surface area contributed by atoms with E-state index in [1.165, 1.54) is 31.2 Å². The molecule has 0 aliphatic rings. The molecule has 0 heterocycles. The van der Waals surface area contributed by atoms with Crippen LogP contribution in [0.3, 0.4) is 0 Å². The van der Waals surface area contributed by atoms with Crippen molar-refractivity contribution in [3.05, 3.63) is 89.0 Å². The number of ether oxygens (including phenoxy) is 2. The third-order valence-corrected chi connectivity index (χ3v) is 4.55. The molecule has 3 aromatic carbocycles. The molecule has 170 valence electrons.